The van der Waals surface area contributed by atoms with E-state index in [2.05, 4.69) is 75.0 Å². The van der Waals surface area contributed by atoms with Crippen LogP contribution in [0.3, 0.4) is 0 Å². The number of aryl methyl sites for hydroxylation is 1. The maximum atomic E-state index is 6.84. The first-order valence-electron chi connectivity index (χ1n) is 13.1. The minimum absolute atomic E-state index is 0.487. The van der Waals surface area contributed by atoms with E-state index in [-0.39, 0.29) is 0 Å². The van der Waals surface area contributed by atoms with Gasteiger partial charge in [-0.05, 0) is 86.8 Å². The largest absolute Gasteiger partial charge is 0.348 e. The fourth-order valence-electron chi connectivity index (χ4n) is 5.46. The lowest BCUT2D eigenvalue weighted by Crippen LogP contribution is -2.52. The maximum Gasteiger partial charge on any atom is 0.0674 e. The first-order chi connectivity index (χ1) is 15.8. The van der Waals surface area contributed by atoms with E-state index in [4.69, 9.17) is 11.6 Å². The maximum absolute atomic E-state index is 6.84. The third kappa shape index (κ3) is 6.34. The summed E-state index contributed by atoms with van der Waals surface area (Å²) in [6.45, 7) is 15.3. The van der Waals surface area contributed by atoms with Crippen LogP contribution in [0.1, 0.15) is 84.3 Å². The normalized spacial score (nSPS) is 32.5. The number of hydrogen-bond donors (Lipinski definition) is 1. The van der Waals surface area contributed by atoms with Crippen LogP contribution < -0.4 is 10.2 Å². The first-order valence-corrected chi connectivity index (χ1v) is 13.5. The standard InChI is InChI=1S/C28H39ClN2.C2H6/c1-6-22-14-21-13-19(2)9-7-8-10-24-17-25(30-24)16-23-18-28(23,4)12-11-20(3)31(5)26(15-21)27(22)29;1-2/h7-9,14-15,23-25,30H,3,6,10-13,16-18H2,1-2,4-5H3;1-2H3/b8-7+,19-9+;. The second kappa shape index (κ2) is 11.3. The molecule has 2 fully saturated rings. The molecule has 3 aliphatic heterocycles. The molecule has 2 nitrogen and oxygen atoms in total. The van der Waals surface area contributed by atoms with Crippen molar-refractivity contribution < 1.29 is 0 Å². The Morgan fingerprint density at radius 3 is 2.64 bits per heavy atom. The van der Waals surface area contributed by atoms with Crippen LogP contribution in [-0.4, -0.2) is 19.1 Å². The Morgan fingerprint density at radius 2 is 1.94 bits per heavy atom. The molecule has 4 aliphatic rings. The summed E-state index contributed by atoms with van der Waals surface area (Å²) in [5.74, 6) is 0.867. The quantitative estimate of drug-likeness (QED) is 0.446. The Kier molecular flexibility index (Phi) is 8.92. The molecule has 1 saturated heterocycles. The number of rotatable bonds is 1. The third-order valence-corrected chi connectivity index (χ3v) is 8.39. The van der Waals surface area contributed by atoms with Gasteiger partial charge in [0.1, 0.15) is 0 Å². The summed E-state index contributed by atoms with van der Waals surface area (Å²) in [5, 5.41) is 4.68. The summed E-state index contributed by atoms with van der Waals surface area (Å²) >= 11 is 6.84. The summed E-state index contributed by atoms with van der Waals surface area (Å²) in [5.41, 5.74) is 6.68. The molecule has 0 radical (unpaired) electrons. The Bertz CT molecular complexity index is 893. The van der Waals surface area contributed by atoms with Crippen LogP contribution in [0.5, 0.6) is 0 Å². The fourth-order valence-corrected chi connectivity index (χ4v) is 5.83. The summed E-state index contributed by atoms with van der Waals surface area (Å²) in [6.07, 6.45) is 16.2. The smallest absolute Gasteiger partial charge is 0.0674 e. The van der Waals surface area contributed by atoms with E-state index in [0.717, 1.165) is 48.4 Å². The lowest BCUT2D eigenvalue weighted by molar-refractivity contribution is 0.234. The summed E-state index contributed by atoms with van der Waals surface area (Å²) in [6, 6.07) is 5.94. The van der Waals surface area contributed by atoms with Crippen molar-refractivity contribution in [2.24, 2.45) is 11.3 Å². The van der Waals surface area contributed by atoms with E-state index in [0.29, 0.717) is 11.5 Å². The van der Waals surface area contributed by atoms with Gasteiger partial charge in [0, 0.05) is 24.8 Å². The van der Waals surface area contributed by atoms with Crippen molar-refractivity contribution in [1.82, 2.24) is 5.32 Å². The summed E-state index contributed by atoms with van der Waals surface area (Å²) < 4.78 is 0. The van der Waals surface area contributed by atoms with E-state index in [1.807, 2.05) is 13.8 Å². The number of halogens is 1. The Labute approximate surface area is 208 Å². The highest BCUT2D eigenvalue weighted by Crippen LogP contribution is 2.58. The van der Waals surface area contributed by atoms with Crippen molar-refractivity contribution in [2.45, 2.75) is 98.1 Å². The van der Waals surface area contributed by atoms with E-state index >= 15 is 0 Å². The molecular weight excluding hydrogens is 424 g/mol. The van der Waals surface area contributed by atoms with Gasteiger partial charge < -0.3 is 10.2 Å². The zero-order valence-corrected chi connectivity index (χ0v) is 22.6. The van der Waals surface area contributed by atoms with E-state index in [1.165, 1.54) is 48.1 Å². The molecule has 0 spiro atoms. The first kappa shape index (κ1) is 26.1. The summed E-state index contributed by atoms with van der Waals surface area (Å²) in [7, 11) is 2.13. The molecule has 1 aromatic rings. The monoisotopic (exact) mass is 468 g/mol. The van der Waals surface area contributed by atoms with Gasteiger partial charge in [-0.15, -0.1) is 0 Å². The zero-order valence-electron chi connectivity index (χ0n) is 21.8. The third-order valence-electron chi connectivity index (χ3n) is 7.96. The van der Waals surface area contributed by atoms with Gasteiger partial charge in [0.25, 0.3) is 0 Å². The second-order valence-electron chi connectivity index (χ2n) is 10.5. The van der Waals surface area contributed by atoms with Crippen LogP contribution in [0, 0.1) is 11.3 Å². The van der Waals surface area contributed by atoms with Crippen molar-refractivity contribution >= 4 is 17.3 Å². The molecule has 4 unspecified atom stereocenters. The Balaban J connectivity index is 0.00000149. The van der Waals surface area contributed by atoms with Gasteiger partial charge in [-0.1, -0.05) is 75.7 Å². The van der Waals surface area contributed by atoms with Gasteiger partial charge in [-0.2, -0.15) is 0 Å². The van der Waals surface area contributed by atoms with Crippen LogP contribution in [0.4, 0.5) is 5.69 Å². The molecule has 1 aliphatic carbocycles. The number of nitrogens with zero attached hydrogens (tertiary/aromatic N) is 1. The summed E-state index contributed by atoms with van der Waals surface area (Å²) in [4.78, 5) is 2.23. The van der Waals surface area contributed by atoms with Gasteiger partial charge in [-0.25, -0.2) is 0 Å². The molecule has 0 amide bonds. The lowest BCUT2D eigenvalue weighted by Gasteiger charge is -2.37. The molecule has 1 N–H and O–H groups in total. The van der Waals surface area contributed by atoms with Crippen LogP contribution in [0.15, 0.2) is 48.2 Å². The van der Waals surface area contributed by atoms with Crippen molar-refractivity contribution in [1.29, 1.82) is 0 Å². The number of fused-ring (bicyclic) bond motifs is 6. The SMILES string of the molecule is C=C1CCC2(C)CC2CC2CC(C/C=C/C=C(\C)Cc3cc(CC)c(Cl)c(c3)N1C)N2.CC. The number of nitrogens with one attached hydrogen (secondary N) is 1. The number of anilines is 1. The predicted octanol–water partition coefficient (Wildman–Crippen LogP) is 8.25. The van der Waals surface area contributed by atoms with Crippen molar-refractivity contribution in [3.63, 3.8) is 0 Å². The number of benzene rings is 1. The highest BCUT2D eigenvalue weighted by Gasteiger charge is 2.50. The minimum Gasteiger partial charge on any atom is -0.348 e. The minimum atomic E-state index is 0.487. The van der Waals surface area contributed by atoms with E-state index < -0.39 is 0 Å². The molecule has 0 aromatic heterocycles. The average molecular weight is 469 g/mol. The van der Waals surface area contributed by atoms with Crippen LogP contribution in [-0.2, 0) is 12.8 Å². The average Bonchev–Trinajstić information content (AvgIpc) is 3.43. The zero-order chi connectivity index (χ0) is 24.2. The van der Waals surface area contributed by atoms with Gasteiger partial charge in [-0.3, -0.25) is 0 Å². The molecule has 1 aromatic carbocycles. The van der Waals surface area contributed by atoms with Crippen molar-refractivity contribution in [3.05, 3.63) is 64.4 Å². The Morgan fingerprint density at radius 1 is 1.21 bits per heavy atom. The molecule has 5 rings (SSSR count). The molecular formula is C30H45ClN2. The molecule has 4 bridgehead atoms. The van der Waals surface area contributed by atoms with Gasteiger partial charge in [0.15, 0.2) is 0 Å². The van der Waals surface area contributed by atoms with Gasteiger partial charge in [0.2, 0.25) is 0 Å². The molecule has 33 heavy (non-hydrogen) atoms. The van der Waals surface area contributed by atoms with Crippen molar-refractivity contribution in [3.8, 4) is 0 Å². The van der Waals surface area contributed by atoms with Crippen LogP contribution in [0.2, 0.25) is 5.02 Å². The number of hydrogen-bond acceptors (Lipinski definition) is 2. The van der Waals surface area contributed by atoms with E-state index in [9.17, 15) is 0 Å². The highest BCUT2D eigenvalue weighted by molar-refractivity contribution is 6.34. The molecule has 4 atom stereocenters. The van der Waals surface area contributed by atoms with Gasteiger partial charge in [0.05, 0.1) is 10.7 Å². The molecule has 182 valence electrons. The highest BCUT2D eigenvalue weighted by atomic mass is 35.5. The van der Waals surface area contributed by atoms with Crippen molar-refractivity contribution in [2.75, 3.05) is 11.9 Å². The molecule has 1 saturated carbocycles. The van der Waals surface area contributed by atoms with E-state index in [1.54, 1.807) is 0 Å². The molecule has 3 heteroatoms. The van der Waals surface area contributed by atoms with Crippen LogP contribution >= 0.6 is 11.6 Å². The fraction of sp³-hybridized carbons (Fsp3) is 0.600. The number of allylic oxidation sites excluding steroid dienone is 4. The van der Waals surface area contributed by atoms with Crippen LogP contribution in [0.25, 0.3) is 0 Å². The topological polar surface area (TPSA) is 15.3 Å². The lowest BCUT2D eigenvalue weighted by atomic mass is 9.87. The van der Waals surface area contributed by atoms with Gasteiger partial charge >= 0.3 is 0 Å². The second-order valence-corrected chi connectivity index (χ2v) is 10.9. The predicted molar refractivity (Wildman–Crippen MR) is 146 cm³/mol. The molecule has 3 heterocycles. The Hall–Kier alpha value is -1.51.